The topological polar surface area (TPSA) is 54.7 Å². The largest absolute Gasteiger partial charge is 0.465 e. The zero-order valence-corrected chi connectivity index (χ0v) is 10.8. The van der Waals surface area contributed by atoms with Gasteiger partial charge in [-0.15, -0.1) is 0 Å². The van der Waals surface area contributed by atoms with Crippen LogP contribution in [0.4, 0.5) is 0 Å². The summed E-state index contributed by atoms with van der Waals surface area (Å²) in [6.45, 7) is 2.62. The molecule has 17 heavy (non-hydrogen) atoms. The summed E-state index contributed by atoms with van der Waals surface area (Å²) < 4.78 is 10.6. The van der Waals surface area contributed by atoms with Crippen molar-refractivity contribution in [3.05, 3.63) is 23.7 Å². The minimum absolute atomic E-state index is 0.0226. The number of nitrogens with one attached hydrogen (secondary N) is 1. The zero-order valence-electron chi connectivity index (χ0n) is 10.8. The highest BCUT2D eigenvalue weighted by molar-refractivity contribution is 5.77. The molecule has 0 aliphatic rings. The van der Waals surface area contributed by atoms with Gasteiger partial charge in [0.05, 0.1) is 19.2 Å². The van der Waals surface area contributed by atoms with Crippen LogP contribution in [0.3, 0.4) is 0 Å². The van der Waals surface area contributed by atoms with Crippen LogP contribution in [0.5, 0.6) is 0 Å². The van der Waals surface area contributed by atoms with Gasteiger partial charge >= 0.3 is 0 Å². The molecule has 0 radical (unpaired) electrons. The number of amides is 1. The van der Waals surface area contributed by atoms with Crippen molar-refractivity contribution in [1.82, 2.24) is 10.2 Å². The minimum Gasteiger partial charge on any atom is -0.465 e. The van der Waals surface area contributed by atoms with E-state index in [4.69, 9.17) is 9.15 Å². The third-order valence-electron chi connectivity index (χ3n) is 2.44. The van der Waals surface area contributed by atoms with Crippen LogP contribution in [-0.4, -0.2) is 45.2 Å². The summed E-state index contributed by atoms with van der Waals surface area (Å²) in [7, 11) is 5.08. The van der Waals surface area contributed by atoms with Crippen LogP contribution in [0.15, 0.2) is 16.5 Å². The fourth-order valence-corrected chi connectivity index (χ4v) is 1.42. The Bertz CT molecular complexity index is 360. The van der Waals surface area contributed by atoms with Crippen molar-refractivity contribution in [2.75, 3.05) is 34.4 Å². The Labute approximate surface area is 102 Å². The molecule has 5 heteroatoms. The van der Waals surface area contributed by atoms with E-state index in [1.165, 1.54) is 0 Å². The van der Waals surface area contributed by atoms with Crippen LogP contribution in [-0.2, 0) is 9.53 Å². The molecule has 1 aromatic heterocycles. The summed E-state index contributed by atoms with van der Waals surface area (Å²) in [5, 5.41) is 3.12. The highest BCUT2D eigenvalue weighted by Crippen LogP contribution is 2.16. The monoisotopic (exact) mass is 240 g/mol. The molecule has 1 amide bonds. The molecule has 1 aromatic rings. The van der Waals surface area contributed by atoms with E-state index in [9.17, 15) is 4.79 Å². The molecule has 1 atom stereocenters. The molecular weight excluding hydrogens is 220 g/mol. The predicted octanol–water partition coefficient (Wildman–Crippen LogP) is 0.953. The number of furan rings is 1. The lowest BCUT2D eigenvalue weighted by atomic mass is 10.2. The number of carbonyl (C=O) groups is 1. The lowest BCUT2D eigenvalue weighted by Gasteiger charge is -2.17. The Morgan fingerprint density at radius 2 is 2.24 bits per heavy atom. The molecule has 0 aliphatic heterocycles. The molecule has 1 heterocycles. The molecule has 0 saturated carbocycles. The summed E-state index contributed by atoms with van der Waals surface area (Å²) in [6, 6.07) is 3.69. The van der Waals surface area contributed by atoms with Crippen LogP contribution in [0.25, 0.3) is 0 Å². The Morgan fingerprint density at radius 3 is 2.71 bits per heavy atom. The number of nitrogens with zero attached hydrogens (tertiary/aromatic N) is 1. The van der Waals surface area contributed by atoms with Crippen LogP contribution < -0.4 is 5.32 Å². The van der Waals surface area contributed by atoms with Gasteiger partial charge in [-0.1, -0.05) is 0 Å². The van der Waals surface area contributed by atoms with Crippen molar-refractivity contribution >= 4 is 5.91 Å². The number of methoxy groups -OCH3 is 1. The number of likely N-dealkylation sites (N-methyl/N-ethyl adjacent to an activating group) is 1. The molecule has 5 nitrogen and oxygen atoms in total. The van der Waals surface area contributed by atoms with E-state index in [1.54, 1.807) is 26.1 Å². The average Bonchev–Trinajstić information content (AvgIpc) is 2.70. The Balaban J connectivity index is 2.58. The van der Waals surface area contributed by atoms with E-state index in [2.05, 4.69) is 5.32 Å². The van der Waals surface area contributed by atoms with E-state index in [1.807, 2.05) is 19.1 Å². The molecule has 1 rings (SSSR count). The van der Waals surface area contributed by atoms with Crippen LogP contribution in [0, 0.1) is 6.92 Å². The lowest BCUT2D eigenvalue weighted by Crippen LogP contribution is -2.36. The second-order valence-corrected chi connectivity index (χ2v) is 4.13. The quantitative estimate of drug-likeness (QED) is 0.804. The summed E-state index contributed by atoms with van der Waals surface area (Å²) in [4.78, 5) is 13.0. The molecule has 0 fully saturated rings. The second kappa shape index (κ2) is 6.42. The Morgan fingerprint density at radius 1 is 1.53 bits per heavy atom. The molecule has 0 saturated heterocycles. The van der Waals surface area contributed by atoms with Gasteiger partial charge in [-0.3, -0.25) is 10.1 Å². The van der Waals surface area contributed by atoms with Crippen molar-refractivity contribution in [2.24, 2.45) is 0 Å². The van der Waals surface area contributed by atoms with Crippen LogP contribution in [0.2, 0.25) is 0 Å². The van der Waals surface area contributed by atoms with Crippen molar-refractivity contribution in [2.45, 2.75) is 13.0 Å². The van der Waals surface area contributed by atoms with Crippen molar-refractivity contribution in [1.29, 1.82) is 0 Å². The highest BCUT2D eigenvalue weighted by atomic mass is 16.5. The van der Waals surface area contributed by atoms with Crippen LogP contribution in [0.1, 0.15) is 17.6 Å². The number of aryl methyl sites for hydroxylation is 1. The van der Waals surface area contributed by atoms with E-state index in [-0.39, 0.29) is 18.5 Å². The molecule has 0 bridgehead atoms. The van der Waals surface area contributed by atoms with Gasteiger partial charge in [-0.2, -0.15) is 0 Å². The third kappa shape index (κ3) is 4.20. The van der Waals surface area contributed by atoms with Gasteiger partial charge in [-0.25, -0.2) is 0 Å². The first kappa shape index (κ1) is 13.7. The van der Waals surface area contributed by atoms with Crippen molar-refractivity contribution in [3.8, 4) is 0 Å². The summed E-state index contributed by atoms with van der Waals surface area (Å²) in [6.07, 6.45) is 0. The van der Waals surface area contributed by atoms with Gasteiger partial charge in [0, 0.05) is 21.2 Å². The first-order valence-electron chi connectivity index (χ1n) is 5.53. The van der Waals surface area contributed by atoms with Gasteiger partial charge in [0.15, 0.2) is 0 Å². The van der Waals surface area contributed by atoms with Gasteiger partial charge in [0.2, 0.25) is 5.91 Å². The van der Waals surface area contributed by atoms with Crippen molar-refractivity contribution < 1.29 is 13.9 Å². The third-order valence-corrected chi connectivity index (χ3v) is 2.44. The van der Waals surface area contributed by atoms with Gasteiger partial charge in [-0.05, 0) is 19.1 Å². The number of hydrogen-bond acceptors (Lipinski definition) is 4. The standard InChI is InChI=1S/C12H20N2O3/c1-9-5-6-11(17-9)10(8-16-4)13-7-12(15)14(2)3/h5-6,10,13H,7-8H2,1-4H3/t10-/m1/s1. The Hall–Kier alpha value is -1.33. The molecule has 0 aliphatic carbocycles. The maximum Gasteiger partial charge on any atom is 0.236 e. The fourth-order valence-electron chi connectivity index (χ4n) is 1.42. The predicted molar refractivity (Wildman–Crippen MR) is 64.8 cm³/mol. The second-order valence-electron chi connectivity index (χ2n) is 4.13. The van der Waals surface area contributed by atoms with Crippen LogP contribution >= 0.6 is 0 Å². The smallest absolute Gasteiger partial charge is 0.236 e. The summed E-state index contributed by atoms with van der Waals surface area (Å²) in [5.41, 5.74) is 0. The SMILES string of the molecule is COC[C@@H](NCC(=O)N(C)C)c1ccc(C)o1. The molecule has 1 N–H and O–H groups in total. The van der Waals surface area contributed by atoms with E-state index >= 15 is 0 Å². The van der Waals surface area contributed by atoms with Gasteiger partial charge < -0.3 is 14.1 Å². The zero-order chi connectivity index (χ0) is 12.8. The van der Waals surface area contributed by atoms with E-state index in [0.29, 0.717) is 6.61 Å². The summed E-state index contributed by atoms with van der Waals surface area (Å²) >= 11 is 0. The maximum atomic E-state index is 11.5. The molecule has 0 aromatic carbocycles. The Kier molecular flexibility index (Phi) is 5.18. The molecule has 96 valence electrons. The molecule has 0 unspecified atom stereocenters. The molecule has 0 spiro atoms. The first-order valence-corrected chi connectivity index (χ1v) is 5.53. The van der Waals surface area contributed by atoms with Gasteiger partial charge in [0.25, 0.3) is 0 Å². The van der Waals surface area contributed by atoms with Crippen molar-refractivity contribution in [3.63, 3.8) is 0 Å². The fraction of sp³-hybridized carbons (Fsp3) is 0.583. The number of ether oxygens (including phenoxy) is 1. The van der Waals surface area contributed by atoms with E-state index in [0.717, 1.165) is 11.5 Å². The normalized spacial score (nSPS) is 12.5. The summed E-state index contributed by atoms with van der Waals surface area (Å²) in [5.74, 6) is 1.66. The highest BCUT2D eigenvalue weighted by Gasteiger charge is 2.16. The maximum absolute atomic E-state index is 11.5. The minimum atomic E-state index is -0.0994. The number of hydrogen-bond donors (Lipinski definition) is 1. The number of rotatable bonds is 6. The van der Waals surface area contributed by atoms with Gasteiger partial charge in [0.1, 0.15) is 11.5 Å². The average molecular weight is 240 g/mol. The van der Waals surface area contributed by atoms with E-state index < -0.39 is 0 Å². The molecular formula is C12H20N2O3. The number of carbonyl (C=O) groups excluding carboxylic acids is 1. The lowest BCUT2D eigenvalue weighted by molar-refractivity contribution is -0.127. The first-order chi connectivity index (χ1) is 8.04.